The highest BCUT2D eigenvalue weighted by Crippen LogP contribution is 2.30. The number of nitrogens with two attached hydrogens (primary N) is 1. The van der Waals surface area contributed by atoms with Crippen LogP contribution in [-0.2, 0) is 6.54 Å². The molecule has 0 aromatic heterocycles. The maximum absolute atomic E-state index is 11.2. The van der Waals surface area contributed by atoms with Crippen LogP contribution in [0.4, 0.5) is 5.69 Å². The molecule has 1 saturated heterocycles. The van der Waals surface area contributed by atoms with Gasteiger partial charge in [-0.1, -0.05) is 13.0 Å². The van der Waals surface area contributed by atoms with Crippen molar-refractivity contribution in [2.24, 2.45) is 5.73 Å². The van der Waals surface area contributed by atoms with Gasteiger partial charge in [-0.2, -0.15) is 0 Å². The van der Waals surface area contributed by atoms with Crippen LogP contribution in [0, 0.1) is 10.1 Å². The van der Waals surface area contributed by atoms with Crippen LogP contribution in [-0.4, -0.2) is 27.8 Å². The second kappa shape index (κ2) is 6.22. The summed E-state index contributed by atoms with van der Waals surface area (Å²) in [7, 11) is 0. The first kappa shape index (κ1) is 15.4. The van der Waals surface area contributed by atoms with Gasteiger partial charge in [0.25, 0.3) is 5.69 Å². The number of primary amides is 1. The Morgan fingerprint density at radius 3 is 2.76 bits per heavy atom. The summed E-state index contributed by atoms with van der Waals surface area (Å²) in [5.74, 6) is -0.648. The molecule has 6 nitrogen and oxygen atoms in total. The van der Waals surface area contributed by atoms with E-state index >= 15 is 0 Å². The fourth-order valence-electron chi connectivity index (χ4n) is 3.07. The molecule has 2 N–H and O–H groups in total. The number of nitrogens with zero attached hydrogens (tertiary/aromatic N) is 2. The summed E-state index contributed by atoms with van der Waals surface area (Å²) in [6, 6.07) is 5.38. The smallest absolute Gasteiger partial charge is 0.274 e. The summed E-state index contributed by atoms with van der Waals surface area (Å²) in [4.78, 5) is 24.3. The maximum Gasteiger partial charge on any atom is 0.274 e. The molecule has 0 saturated carbocycles. The second-order valence-electron chi connectivity index (χ2n) is 5.63. The summed E-state index contributed by atoms with van der Waals surface area (Å²) in [5.41, 5.74) is 5.97. The number of hydrogen-bond acceptors (Lipinski definition) is 4. The lowest BCUT2D eigenvalue weighted by Gasteiger charge is -2.27. The molecular formula is C15H21N3O3. The Hall–Kier alpha value is -1.95. The Morgan fingerprint density at radius 1 is 1.48 bits per heavy atom. The predicted octanol–water partition coefficient (Wildman–Crippen LogP) is 2.46. The standard InChI is InChI=1S/C15H21N3O3/c1-3-13-7-4-10(2)17(13)9-12-6-5-11(15(16)19)8-14(12)18(20)21/h5-6,8,10,13H,3-4,7,9H2,1-2H3,(H2,16,19)/t10-,13+/m0/s1. The summed E-state index contributed by atoms with van der Waals surface area (Å²) >= 11 is 0. The van der Waals surface area contributed by atoms with E-state index in [1.807, 2.05) is 0 Å². The predicted molar refractivity (Wildman–Crippen MR) is 79.9 cm³/mol. The van der Waals surface area contributed by atoms with Crippen LogP contribution in [0.15, 0.2) is 18.2 Å². The van der Waals surface area contributed by atoms with Crippen molar-refractivity contribution in [3.05, 3.63) is 39.4 Å². The third-order valence-corrected chi connectivity index (χ3v) is 4.34. The molecular weight excluding hydrogens is 270 g/mol. The lowest BCUT2D eigenvalue weighted by molar-refractivity contribution is -0.385. The SMILES string of the molecule is CC[C@@H]1CC[C@H](C)N1Cc1ccc(C(N)=O)cc1[N+](=O)[O-]. The number of carbonyl (C=O) groups excluding carboxylic acids is 1. The molecule has 6 heteroatoms. The van der Waals surface area contributed by atoms with E-state index in [0.29, 0.717) is 24.2 Å². The monoisotopic (exact) mass is 291 g/mol. The Kier molecular flexibility index (Phi) is 4.57. The lowest BCUT2D eigenvalue weighted by atomic mass is 10.1. The average Bonchev–Trinajstić information content (AvgIpc) is 2.79. The van der Waals surface area contributed by atoms with Gasteiger partial charge in [-0.25, -0.2) is 0 Å². The van der Waals surface area contributed by atoms with Crippen molar-refractivity contribution in [3.63, 3.8) is 0 Å². The summed E-state index contributed by atoms with van der Waals surface area (Å²) in [6.45, 7) is 4.83. The molecule has 0 radical (unpaired) electrons. The highest BCUT2D eigenvalue weighted by molar-refractivity contribution is 5.93. The number of hydrogen-bond donors (Lipinski definition) is 1. The third kappa shape index (κ3) is 3.21. The number of likely N-dealkylation sites (tertiary alicyclic amines) is 1. The molecule has 1 aliphatic heterocycles. The molecule has 2 rings (SSSR count). The van der Waals surface area contributed by atoms with Crippen molar-refractivity contribution in [2.75, 3.05) is 0 Å². The van der Waals surface area contributed by atoms with Gasteiger partial charge in [0, 0.05) is 35.8 Å². The van der Waals surface area contributed by atoms with Gasteiger partial charge in [-0.15, -0.1) is 0 Å². The molecule has 2 atom stereocenters. The van der Waals surface area contributed by atoms with Crippen molar-refractivity contribution < 1.29 is 9.72 Å². The summed E-state index contributed by atoms with van der Waals surface area (Å²) < 4.78 is 0. The van der Waals surface area contributed by atoms with Crippen LogP contribution in [0.5, 0.6) is 0 Å². The van der Waals surface area contributed by atoms with Crippen LogP contribution < -0.4 is 5.73 Å². The average molecular weight is 291 g/mol. The van der Waals surface area contributed by atoms with E-state index in [-0.39, 0.29) is 11.3 Å². The van der Waals surface area contributed by atoms with Crippen molar-refractivity contribution in [1.82, 2.24) is 4.90 Å². The number of rotatable bonds is 5. The van der Waals surface area contributed by atoms with E-state index in [1.165, 1.54) is 6.07 Å². The second-order valence-corrected chi connectivity index (χ2v) is 5.63. The van der Waals surface area contributed by atoms with Crippen molar-refractivity contribution in [2.45, 2.75) is 51.7 Å². The Labute approximate surface area is 124 Å². The summed E-state index contributed by atoms with van der Waals surface area (Å²) in [5, 5.41) is 11.2. The van der Waals surface area contributed by atoms with Crippen LogP contribution in [0.3, 0.4) is 0 Å². The normalized spacial score (nSPS) is 22.4. The van der Waals surface area contributed by atoms with Crippen molar-refractivity contribution in [1.29, 1.82) is 0 Å². The molecule has 0 unspecified atom stereocenters. The minimum atomic E-state index is -0.648. The first-order valence-corrected chi connectivity index (χ1v) is 7.26. The van der Waals surface area contributed by atoms with Gasteiger partial charge in [-0.05, 0) is 32.3 Å². The van der Waals surface area contributed by atoms with Crippen LogP contribution in [0.25, 0.3) is 0 Å². The van der Waals surface area contributed by atoms with Crippen LogP contribution in [0.1, 0.15) is 49.0 Å². The molecule has 1 aromatic carbocycles. The highest BCUT2D eigenvalue weighted by Gasteiger charge is 2.31. The maximum atomic E-state index is 11.2. The molecule has 0 bridgehead atoms. The van der Waals surface area contributed by atoms with Gasteiger partial charge >= 0.3 is 0 Å². The van der Waals surface area contributed by atoms with Crippen LogP contribution >= 0.6 is 0 Å². The quantitative estimate of drug-likeness (QED) is 0.666. The Balaban J connectivity index is 2.31. The minimum absolute atomic E-state index is 0.0275. The van der Waals surface area contributed by atoms with Crippen LogP contribution in [0.2, 0.25) is 0 Å². The number of benzene rings is 1. The molecule has 114 valence electrons. The van der Waals surface area contributed by atoms with Gasteiger partial charge in [0.1, 0.15) is 0 Å². The highest BCUT2D eigenvalue weighted by atomic mass is 16.6. The van der Waals surface area contributed by atoms with E-state index in [4.69, 9.17) is 5.73 Å². The zero-order valence-corrected chi connectivity index (χ0v) is 12.4. The van der Waals surface area contributed by atoms with Crippen molar-refractivity contribution >= 4 is 11.6 Å². The Bertz CT molecular complexity index is 559. The zero-order valence-electron chi connectivity index (χ0n) is 12.4. The van der Waals surface area contributed by atoms with E-state index < -0.39 is 10.8 Å². The lowest BCUT2D eigenvalue weighted by Crippen LogP contribution is -2.33. The first-order chi connectivity index (χ1) is 9.93. The molecule has 0 spiro atoms. The van der Waals surface area contributed by atoms with E-state index in [0.717, 1.165) is 19.3 Å². The fraction of sp³-hybridized carbons (Fsp3) is 0.533. The molecule has 0 aliphatic carbocycles. The molecule has 1 amide bonds. The number of amides is 1. The Morgan fingerprint density at radius 2 is 2.19 bits per heavy atom. The number of carbonyl (C=O) groups is 1. The minimum Gasteiger partial charge on any atom is -0.366 e. The third-order valence-electron chi connectivity index (χ3n) is 4.34. The van der Waals surface area contributed by atoms with Gasteiger partial charge in [0.05, 0.1) is 4.92 Å². The number of nitro groups is 1. The molecule has 1 aromatic rings. The topological polar surface area (TPSA) is 89.5 Å². The zero-order chi connectivity index (χ0) is 15.6. The van der Waals surface area contributed by atoms with E-state index in [2.05, 4.69) is 18.7 Å². The van der Waals surface area contributed by atoms with Gasteiger partial charge in [0.2, 0.25) is 5.91 Å². The molecule has 1 heterocycles. The van der Waals surface area contributed by atoms with E-state index in [1.54, 1.807) is 12.1 Å². The molecule has 21 heavy (non-hydrogen) atoms. The van der Waals surface area contributed by atoms with Gasteiger partial charge < -0.3 is 5.73 Å². The number of nitro benzene ring substituents is 1. The van der Waals surface area contributed by atoms with Crippen molar-refractivity contribution in [3.8, 4) is 0 Å². The van der Waals surface area contributed by atoms with Gasteiger partial charge in [0.15, 0.2) is 0 Å². The largest absolute Gasteiger partial charge is 0.366 e. The van der Waals surface area contributed by atoms with E-state index in [9.17, 15) is 14.9 Å². The summed E-state index contributed by atoms with van der Waals surface area (Å²) in [6.07, 6.45) is 3.29. The fourth-order valence-corrected chi connectivity index (χ4v) is 3.07. The van der Waals surface area contributed by atoms with Gasteiger partial charge in [-0.3, -0.25) is 19.8 Å². The first-order valence-electron chi connectivity index (χ1n) is 7.26. The molecule has 1 fully saturated rings. The molecule has 1 aliphatic rings.